The van der Waals surface area contributed by atoms with Gasteiger partial charge in [0.1, 0.15) is 5.75 Å². The third-order valence-electron chi connectivity index (χ3n) is 4.33. The van der Waals surface area contributed by atoms with Crippen molar-refractivity contribution in [1.82, 2.24) is 10.3 Å². The first kappa shape index (κ1) is 18.9. The summed E-state index contributed by atoms with van der Waals surface area (Å²) in [5.74, 6) is 1.14. The van der Waals surface area contributed by atoms with Crippen LogP contribution in [-0.4, -0.2) is 35.6 Å². The highest BCUT2D eigenvalue weighted by Crippen LogP contribution is 2.24. The fraction of sp³-hybridized carbons (Fsp3) is 0.421. The Balaban J connectivity index is 1.46. The van der Waals surface area contributed by atoms with Crippen LogP contribution in [0, 0.1) is 0 Å². The van der Waals surface area contributed by atoms with Gasteiger partial charge in [0.15, 0.2) is 10.1 Å². The topological polar surface area (TPSA) is 68.3 Å². The van der Waals surface area contributed by atoms with E-state index < -0.39 is 0 Å². The van der Waals surface area contributed by atoms with E-state index in [4.69, 9.17) is 4.74 Å². The van der Waals surface area contributed by atoms with Gasteiger partial charge in [-0.25, -0.2) is 4.98 Å². The summed E-state index contributed by atoms with van der Waals surface area (Å²) in [7, 11) is 1.60. The molecule has 0 spiro atoms. The number of ether oxygens (including phenoxy) is 1. The molecule has 1 N–H and O–H groups in total. The molecule has 0 unspecified atom stereocenters. The van der Waals surface area contributed by atoms with Crippen molar-refractivity contribution < 1.29 is 14.3 Å². The summed E-state index contributed by atoms with van der Waals surface area (Å²) in [6.07, 6.45) is 4.87. The summed E-state index contributed by atoms with van der Waals surface area (Å²) in [4.78, 5) is 28.8. The van der Waals surface area contributed by atoms with E-state index in [-0.39, 0.29) is 11.7 Å². The zero-order valence-electron chi connectivity index (χ0n) is 14.7. The Morgan fingerprint density at radius 1 is 1.27 bits per heavy atom. The number of Topliss-reactive ketones (excluding diaryl/α,β-unsaturated/α-hetero) is 1. The van der Waals surface area contributed by atoms with Crippen LogP contribution < -0.4 is 10.1 Å². The largest absolute Gasteiger partial charge is 0.497 e. The van der Waals surface area contributed by atoms with Crippen molar-refractivity contribution in [2.45, 2.75) is 42.5 Å². The minimum atomic E-state index is 0.0352. The van der Waals surface area contributed by atoms with Crippen LogP contribution in [0.25, 0.3) is 0 Å². The van der Waals surface area contributed by atoms with E-state index in [0.29, 0.717) is 23.8 Å². The number of nitrogens with zero attached hydrogens (tertiary/aromatic N) is 1. The van der Waals surface area contributed by atoms with Crippen LogP contribution in [0.4, 0.5) is 0 Å². The van der Waals surface area contributed by atoms with E-state index in [1.54, 1.807) is 31.4 Å². The van der Waals surface area contributed by atoms with Gasteiger partial charge in [0.25, 0.3) is 0 Å². The molecule has 138 valence electrons. The molecule has 1 amide bonds. The van der Waals surface area contributed by atoms with Crippen molar-refractivity contribution in [2.24, 2.45) is 0 Å². The lowest BCUT2D eigenvalue weighted by Crippen LogP contribution is -2.33. The molecule has 1 heterocycles. The minimum absolute atomic E-state index is 0.0352. The van der Waals surface area contributed by atoms with Gasteiger partial charge in [-0.15, -0.1) is 11.3 Å². The number of methoxy groups -OCH3 is 1. The van der Waals surface area contributed by atoms with Gasteiger partial charge in [-0.2, -0.15) is 0 Å². The molecular weight excluding hydrogens is 368 g/mol. The molecule has 5 nitrogen and oxygen atoms in total. The maximum atomic E-state index is 12.2. The predicted molar refractivity (Wildman–Crippen MR) is 104 cm³/mol. The van der Waals surface area contributed by atoms with E-state index in [1.165, 1.54) is 35.9 Å². The molecule has 1 aliphatic carbocycles. The molecule has 7 heteroatoms. The first-order valence-corrected chi connectivity index (χ1v) is 10.5. The fourth-order valence-electron chi connectivity index (χ4n) is 2.94. The van der Waals surface area contributed by atoms with Gasteiger partial charge in [-0.3, -0.25) is 9.59 Å². The van der Waals surface area contributed by atoms with Crippen molar-refractivity contribution in [2.75, 3.05) is 12.9 Å². The van der Waals surface area contributed by atoms with Crippen LogP contribution in [0.5, 0.6) is 5.75 Å². The maximum absolute atomic E-state index is 12.2. The quantitative estimate of drug-likeness (QED) is 0.549. The summed E-state index contributed by atoms with van der Waals surface area (Å²) in [6, 6.07) is 7.42. The Kier molecular flexibility index (Phi) is 6.68. The first-order valence-electron chi connectivity index (χ1n) is 8.68. The molecule has 0 saturated heterocycles. The lowest BCUT2D eigenvalue weighted by Gasteiger charge is -2.10. The van der Waals surface area contributed by atoms with Crippen molar-refractivity contribution in [3.63, 3.8) is 0 Å². The minimum Gasteiger partial charge on any atom is -0.497 e. The average molecular weight is 391 g/mol. The number of nitrogens with one attached hydrogen (secondary N) is 1. The molecule has 1 saturated carbocycles. The number of hydrogen-bond donors (Lipinski definition) is 1. The molecular formula is C19H22N2O3S2. The summed E-state index contributed by atoms with van der Waals surface area (Å²) in [6.45, 7) is 0. The van der Waals surface area contributed by atoms with E-state index in [1.807, 2.05) is 5.38 Å². The second-order valence-corrected chi connectivity index (χ2v) is 8.35. The number of carbonyl (C=O) groups excluding carboxylic acids is 2. The molecule has 0 bridgehead atoms. The Hall–Kier alpha value is -1.86. The third kappa shape index (κ3) is 5.32. The van der Waals surface area contributed by atoms with E-state index in [9.17, 15) is 9.59 Å². The van der Waals surface area contributed by atoms with Gasteiger partial charge in [0, 0.05) is 17.0 Å². The van der Waals surface area contributed by atoms with Gasteiger partial charge in [-0.1, -0.05) is 24.6 Å². The van der Waals surface area contributed by atoms with Gasteiger partial charge >= 0.3 is 0 Å². The summed E-state index contributed by atoms with van der Waals surface area (Å²) in [5, 5.41) is 4.97. The highest BCUT2D eigenvalue weighted by Gasteiger charge is 2.18. The van der Waals surface area contributed by atoms with Crippen LogP contribution in [0.15, 0.2) is 34.0 Å². The number of thiazole rings is 1. The Labute approximate surface area is 161 Å². The number of amides is 1. The molecule has 0 atom stereocenters. The second-order valence-electron chi connectivity index (χ2n) is 6.27. The number of hydrogen-bond acceptors (Lipinski definition) is 6. The van der Waals surface area contributed by atoms with E-state index in [0.717, 1.165) is 28.6 Å². The third-order valence-corrected chi connectivity index (χ3v) is 6.40. The van der Waals surface area contributed by atoms with Gasteiger partial charge in [-0.05, 0) is 37.1 Å². The Morgan fingerprint density at radius 3 is 2.69 bits per heavy atom. The standard InChI is InChI=1S/C19H22N2O3S2/c1-24-16-8-6-13(7-9-16)17(22)12-26-19-21-15(11-25-19)10-18(23)20-14-4-2-3-5-14/h6-9,11,14H,2-5,10,12H2,1H3,(H,20,23). The Morgan fingerprint density at radius 2 is 2.00 bits per heavy atom. The SMILES string of the molecule is COc1ccc(C(=O)CSc2nc(CC(=O)NC3CCCC3)cs2)cc1. The fourth-order valence-corrected chi connectivity index (χ4v) is 4.68. The Bertz CT molecular complexity index is 752. The molecule has 26 heavy (non-hydrogen) atoms. The van der Waals surface area contributed by atoms with Gasteiger partial charge in [0.2, 0.25) is 5.91 Å². The number of rotatable bonds is 8. The molecule has 1 aliphatic rings. The molecule has 3 rings (SSSR count). The van der Waals surface area contributed by atoms with Crippen LogP contribution in [0.3, 0.4) is 0 Å². The first-order chi connectivity index (χ1) is 12.6. The lowest BCUT2D eigenvalue weighted by atomic mass is 10.1. The monoisotopic (exact) mass is 390 g/mol. The van der Waals surface area contributed by atoms with Crippen LogP contribution >= 0.6 is 23.1 Å². The molecule has 2 aromatic rings. The number of ketones is 1. The zero-order valence-corrected chi connectivity index (χ0v) is 16.3. The number of benzene rings is 1. The summed E-state index contributed by atoms with van der Waals surface area (Å²) < 4.78 is 5.91. The number of thioether (sulfide) groups is 1. The number of aromatic nitrogens is 1. The highest BCUT2D eigenvalue weighted by atomic mass is 32.2. The number of carbonyl (C=O) groups is 2. The van der Waals surface area contributed by atoms with Crippen molar-refractivity contribution in [3.05, 3.63) is 40.9 Å². The molecule has 1 aromatic carbocycles. The van der Waals surface area contributed by atoms with Gasteiger partial charge < -0.3 is 10.1 Å². The maximum Gasteiger partial charge on any atom is 0.226 e. The normalized spacial score (nSPS) is 14.3. The molecule has 1 fully saturated rings. The molecule has 0 radical (unpaired) electrons. The van der Waals surface area contributed by atoms with E-state index in [2.05, 4.69) is 10.3 Å². The smallest absolute Gasteiger partial charge is 0.226 e. The zero-order chi connectivity index (χ0) is 18.4. The van der Waals surface area contributed by atoms with Crippen LogP contribution in [0.2, 0.25) is 0 Å². The highest BCUT2D eigenvalue weighted by molar-refractivity contribution is 8.01. The van der Waals surface area contributed by atoms with Crippen molar-refractivity contribution in [3.8, 4) is 5.75 Å². The van der Waals surface area contributed by atoms with Crippen LogP contribution in [-0.2, 0) is 11.2 Å². The van der Waals surface area contributed by atoms with E-state index >= 15 is 0 Å². The summed E-state index contributed by atoms with van der Waals surface area (Å²) in [5.41, 5.74) is 1.43. The van der Waals surface area contributed by atoms with Gasteiger partial charge in [0.05, 0.1) is 25.0 Å². The summed E-state index contributed by atoms with van der Waals surface area (Å²) >= 11 is 2.89. The molecule has 0 aliphatic heterocycles. The lowest BCUT2D eigenvalue weighted by molar-refractivity contribution is -0.121. The van der Waals surface area contributed by atoms with Crippen LogP contribution in [0.1, 0.15) is 41.7 Å². The predicted octanol–water partition coefficient (Wildman–Crippen LogP) is 3.73. The second kappa shape index (κ2) is 9.19. The molecule has 1 aromatic heterocycles. The van der Waals surface area contributed by atoms with Crippen molar-refractivity contribution in [1.29, 1.82) is 0 Å². The van der Waals surface area contributed by atoms with Crippen molar-refractivity contribution >= 4 is 34.8 Å². The average Bonchev–Trinajstić information content (AvgIpc) is 3.31.